The molecular formula is C25H25Cl2NO3. The molecule has 0 bridgehead atoms. The molecule has 0 saturated heterocycles. The van der Waals surface area contributed by atoms with Crippen LogP contribution in [0.25, 0.3) is 0 Å². The van der Waals surface area contributed by atoms with Gasteiger partial charge in [-0.2, -0.15) is 0 Å². The molecule has 0 heterocycles. The average molecular weight is 458 g/mol. The van der Waals surface area contributed by atoms with Crippen LogP contribution in [0.1, 0.15) is 36.0 Å². The molecule has 0 unspecified atom stereocenters. The highest BCUT2D eigenvalue weighted by atomic mass is 35.5. The SMILES string of the molecule is NC(=O)CCc1c(Cl)cc(O)cc1Cl.c1ccc(Oc2ccc3c(c2)CCCC3)cc1. The van der Waals surface area contributed by atoms with Crippen LogP contribution in [0.2, 0.25) is 10.0 Å². The maximum absolute atomic E-state index is 10.5. The van der Waals surface area contributed by atoms with E-state index in [-0.39, 0.29) is 12.2 Å². The van der Waals surface area contributed by atoms with Crippen molar-refractivity contribution < 1.29 is 14.6 Å². The summed E-state index contributed by atoms with van der Waals surface area (Å²) in [5.41, 5.74) is 8.58. The van der Waals surface area contributed by atoms with Gasteiger partial charge in [-0.15, -0.1) is 0 Å². The number of rotatable bonds is 5. The van der Waals surface area contributed by atoms with E-state index in [1.54, 1.807) is 0 Å². The first kappa shape index (κ1) is 23.0. The van der Waals surface area contributed by atoms with E-state index in [1.807, 2.05) is 30.3 Å². The largest absolute Gasteiger partial charge is 0.508 e. The van der Waals surface area contributed by atoms with Crippen molar-refractivity contribution in [3.8, 4) is 17.2 Å². The van der Waals surface area contributed by atoms with E-state index in [0.29, 0.717) is 22.0 Å². The molecule has 3 aromatic carbocycles. The van der Waals surface area contributed by atoms with E-state index in [4.69, 9.17) is 38.8 Å². The highest BCUT2D eigenvalue weighted by Gasteiger charge is 2.10. The lowest BCUT2D eigenvalue weighted by molar-refractivity contribution is -0.117. The standard InChI is InChI=1S/C16H16O.C9H9Cl2NO2/c1-2-8-15(9-3-1)17-16-11-10-13-6-4-5-7-14(13)12-16;10-7-3-5(13)4-8(11)6(7)1-2-9(12)14/h1-3,8-12H,4-7H2;3-4,13H,1-2H2,(H2,12,14). The number of para-hydroxylation sites is 1. The van der Waals surface area contributed by atoms with Crippen LogP contribution in [0, 0.1) is 0 Å². The number of benzene rings is 3. The summed E-state index contributed by atoms with van der Waals surface area (Å²) in [5, 5.41) is 9.82. The number of halogens is 2. The molecule has 4 nitrogen and oxygen atoms in total. The lowest BCUT2D eigenvalue weighted by Crippen LogP contribution is -2.11. The Kier molecular flexibility index (Phi) is 8.21. The number of phenols is 1. The fraction of sp³-hybridized carbons (Fsp3) is 0.240. The summed E-state index contributed by atoms with van der Waals surface area (Å²) in [6.07, 6.45) is 5.62. The number of nitrogens with two attached hydrogens (primary N) is 1. The Morgan fingerprint density at radius 3 is 2.19 bits per heavy atom. The highest BCUT2D eigenvalue weighted by molar-refractivity contribution is 6.36. The van der Waals surface area contributed by atoms with Gasteiger partial charge in [0.25, 0.3) is 0 Å². The molecule has 0 aliphatic heterocycles. The number of aryl methyl sites for hydroxylation is 2. The molecule has 1 aliphatic rings. The van der Waals surface area contributed by atoms with Crippen LogP contribution in [0.4, 0.5) is 0 Å². The molecule has 0 spiro atoms. The van der Waals surface area contributed by atoms with Crippen LogP contribution < -0.4 is 10.5 Å². The Labute approximate surface area is 192 Å². The molecule has 1 aliphatic carbocycles. The summed E-state index contributed by atoms with van der Waals surface area (Å²) in [6.45, 7) is 0. The maximum Gasteiger partial charge on any atom is 0.217 e. The highest BCUT2D eigenvalue weighted by Crippen LogP contribution is 2.30. The lowest BCUT2D eigenvalue weighted by atomic mass is 9.92. The number of hydrogen-bond donors (Lipinski definition) is 2. The van der Waals surface area contributed by atoms with Gasteiger partial charge in [0.05, 0.1) is 0 Å². The predicted molar refractivity (Wildman–Crippen MR) is 125 cm³/mol. The van der Waals surface area contributed by atoms with Gasteiger partial charge in [-0.3, -0.25) is 4.79 Å². The van der Waals surface area contributed by atoms with Crippen LogP contribution >= 0.6 is 23.2 Å². The molecule has 0 aromatic heterocycles. The van der Waals surface area contributed by atoms with Crippen molar-refractivity contribution in [3.63, 3.8) is 0 Å². The number of fused-ring (bicyclic) bond motifs is 1. The summed E-state index contributed by atoms with van der Waals surface area (Å²) in [5.74, 6) is 1.45. The first-order valence-electron chi connectivity index (χ1n) is 10.2. The van der Waals surface area contributed by atoms with E-state index in [2.05, 4.69) is 18.2 Å². The second-order valence-corrected chi connectivity index (χ2v) is 8.22. The van der Waals surface area contributed by atoms with Crippen molar-refractivity contribution >= 4 is 29.1 Å². The predicted octanol–water partition coefficient (Wildman–Crippen LogP) is 6.47. The molecular weight excluding hydrogens is 433 g/mol. The van der Waals surface area contributed by atoms with Crippen molar-refractivity contribution in [1.29, 1.82) is 0 Å². The molecule has 1 amide bonds. The van der Waals surface area contributed by atoms with E-state index in [1.165, 1.54) is 48.9 Å². The van der Waals surface area contributed by atoms with Crippen molar-refractivity contribution in [2.45, 2.75) is 38.5 Å². The van der Waals surface area contributed by atoms with Gasteiger partial charge in [0.2, 0.25) is 5.91 Å². The number of carbonyl (C=O) groups is 1. The van der Waals surface area contributed by atoms with Gasteiger partial charge in [0, 0.05) is 16.5 Å². The number of hydrogen-bond acceptors (Lipinski definition) is 3. The van der Waals surface area contributed by atoms with Gasteiger partial charge in [-0.25, -0.2) is 0 Å². The zero-order chi connectivity index (χ0) is 22.2. The van der Waals surface area contributed by atoms with Gasteiger partial charge in [0.15, 0.2) is 0 Å². The quantitative estimate of drug-likeness (QED) is 0.460. The Bertz CT molecular complexity index is 1020. The number of carbonyl (C=O) groups excluding carboxylic acids is 1. The van der Waals surface area contributed by atoms with Gasteiger partial charge in [-0.05, 0) is 85.2 Å². The second-order valence-electron chi connectivity index (χ2n) is 7.41. The molecule has 0 radical (unpaired) electrons. The smallest absolute Gasteiger partial charge is 0.217 e. The molecule has 0 fully saturated rings. The van der Waals surface area contributed by atoms with Crippen molar-refractivity contribution in [3.05, 3.63) is 87.4 Å². The van der Waals surface area contributed by atoms with Crippen molar-refractivity contribution in [2.24, 2.45) is 5.73 Å². The molecule has 0 saturated carbocycles. The zero-order valence-electron chi connectivity index (χ0n) is 17.1. The minimum absolute atomic E-state index is 0.00262. The van der Waals surface area contributed by atoms with E-state index in [0.717, 1.165) is 11.5 Å². The normalized spacial score (nSPS) is 12.3. The molecule has 6 heteroatoms. The lowest BCUT2D eigenvalue weighted by Gasteiger charge is -2.16. The van der Waals surface area contributed by atoms with E-state index < -0.39 is 5.91 Å². The fourth-order valence-electron chi connectivity index (χ4n) is 3.47. The molecule has 31 heavy (non-hydrogen) atoms. The monoisotopic (exact) mass is 457 g/mol. The van der Waals surface area contributed by atoms with Gasteiger partial charge >= 0.3 is 0 Å². The zero-order valence-corrected chi connectivity index (χ0v) is 18.6. The summed E-state index contributed by atoms with van der Waals surface area (Å²) in [6, 6.07) is 19.2. The van der Waals surface area contributed by atoms with Crippen LogP contribution in [0.5, 0.6) is 17.2 Å². The number of phenolic OH excluding ortho intramolecular Hbond substituents is 1. The first-order valence-corrected chi connectivity index (χ1v) is 11.0. The Hall–Kier alpha value is -2.69. The molecule has 3 aromatic rings. The van der Waals surface area contributed by atoms with Crippen LogP contribution in [0.3, 0.4) is 0 Å². The summed E-state index contributed by atoms with van der Waals surface area (Å²) in [7, 11) is 0. The number of amides is 1. The van der Waals surface area contributed by atoms with Crippen molar-refractivity contribution in [2.75, 3.05) is 0 Å². The van der Waals surface area contributed by atoms with Gasteiger partial charge in [-0.1, -0.05) is 47.5 Å². The molecule has 162 valence electrons. The number of ether oxygens (including phenoxy) is 1. The molecule has 0 atom stereocenters. The Morgan fingerprint density at radius 1 is 0.903 bits per heavy atom. The van der Waals surface area contributed by atoms with Crippen LogP contribution in [-0.4, -0.2) is 11.0 Å². The molecule has 4 rings (SSSR count). The Balaban J connectivity index is 0.000000180. The fourth-order valence-corrected chi connectivity index (χ4v) is 4.14. The average Bonchev–Trinajstić information content (AvgIpc) is 2.74. The van der Waals surface area contributed by atoms with E-state index in [9.17, 15) is 4.79 Å². The number of primary amides is 1. The van der Waals surface area contributed by atoms with Crippen LogP contribution in [-0.2, 0) is 24.1 Å². The summed E-state index contributed by atoms with van der Waals surface area (Å²) < 4.78 is 5.84. The van der Waals surface area contributed by atoms with Crippen LogP contribution in [0.15, 0.2) is 60.7 Å². The minimum atomic E-state index is -0.412. The maximum atomic E-state index is 10.5. The summed E-state index contributed by atoms with van der Waals surface area (Å²) in [4.78, 5) is 10.5. The first-order chi connectivity index (χ1) is 14.9. The summed E-state index contributed by atoms with van der Waals surface area (Å²) >= 11 is 11.6. The molecule has 3 N–H and O–H groups in total. The van der Waals surface area contributed by atoms with E-state index >= 15 is 0 Å². The van der Waals surface area contributed by atoms with Crippen molar-refractivity contribution in [1.82, 2.24) is 0 Å². The Morgan fingerprint density at radius 2 is 1.55 bits per heavy atom. The second kappa shape index (κ2) is 11.1. The number of aromatic hydroxyl groups is 1. The van der Waals surface area contributed by atoms with Gasteiger partial charge in [0.1, 0.15) is 17.2 Å². The topological polar surface area (TPSA) is 72.6 Å². The minimum Gasteiger partial charge on any atom is -0.508 e. The third-order valence-corrected chi connectivity index (χ3v) is 5.72. The third kappa shape index (κ3) is 6.91. The third-order valence-electron chi connectivity index (χ3n) is 5.05. The van der Waals surface area contributed by atoms with Gasteiger partial charge < -0.3 is 15.6 Å².